The van der Waals surface area contributed by atoms with Crippen molar-refractivity contribution >= 4 is 5.78 Å². The highest BCUT2D eigenvalue weighted by Gasteiger charge is 2.60. The molecular weight excluding hydrogens is 206 g/mol. The van der Waals surface area contributed by atoms with Crippen LogP contribution in [0.15, 0.2) is 0 Å². The molecule has 4 nitrogen and oxygen atoms in total. The van der Waals surface area contributed by atoms with Crippen molar-refractivity contribution in [2.24, 2.45) is 5.41 Å². The van der Waals surface area contributed by atoms with E-state index in [0.29, 0.717) is 12.6 Å². The van der Waals surface area contributed by atoms with Crippen LogP contribution in [0.25, 0.3) is 0 Å². The third-order valence-electron chi connectivity index (χ3n) is 4.35. The van der Waals surface area contributed by atoms with Gasteiger partial charge in [0.2, 0.25) is 0 Å². The SMILES string of the molecule is COC[C@@]1(CO)C(=O)[C@]2(C)CCN1[C@H](C)C2. The number of hydrogen-bond donors (Lipinski definition) is 1. The van der Waals surface area contributed by atoms with E-state index in [1.807, 2.05) is 6.92 Å². The number of Topliss-reactive ketones (excluding diaryl/α,β-unsaturated/α-hetero) is 1. The van der Waals surface area contributed by atoms with E-state index in [0.717, 1.165) is 19.4 Å². The Morgan fingerprint density at radius 3 is 2.81 bits per heavy atom. The van der Waals surface area contributed by atoms with E-state index < -0.39 is 5.54 Å². The fourth-order valence-corrected chi connectivity index (χ4v) is 3.58. The second-order valence-corrected chi connectivity index (χ2v) is 5.51. The van der Waals surface area contributed by atoms with Gasteiger partial charge < -0.3 is 9.84 Å². The molecule has 0 aliphatic carbocycles. The Morgan fingerprint density at radius 2 is 2.31 bits per heavy atom. The molecule has 4 atom stereocenters. The van der Waals surface area contributed by atoms with Gasteiger partial charge in [-0.3, -0.25) is 9.69 Å². The summed E-state index contributed by atoms with van der Waals surface area (Å²) in [6.45, 7) is 5.20. The van der Waals surface area contributed by atoms with Gasteiger partial charge in [0.1, 0.15) is 5.54 Å². The van der Waals surface area contributed by atoms with Gasteiger partial charge >= 0.3 is 0 Å². The maximum Gasteiger partial charge on any atom is 0.163 e. The minimum atomic E-state index is -0.792. The number of piperidine rings is 3. The zero-order valence-corrected chi connectivity index (χ0v) is 10.3. The van der Waals surface area contributed by atoms with Crippen LogP contribution in [0.4, 0.5) is 0 Å². The topological polar surface area (TPSA) is 49.8 Å². The summed E-state index contributed by atoms with van der Waals surface area (Å²) in [6, 6.07) is 0.346. The number of nitrogens with zero attached hydrogens (tertiary/aromatic N) is 1. The molecule has 0 spiro atoms. The third-order valence-corrected chi connectivity index (χ3v) is 4.35. The fourth-order valence-electron chi connectivity index (χ4n) is 3.58. The highest BCUT2D eigenvalue weighted by atomic mass is 16.5. The molecule has 0 radical (unpaired) electrons. The Hall–Kier alpha value is -0.450. The first-order valence-electron chi connectivity index (χ1n) is 5.92. The number of rotatable bonds is 3. The summed E-state index contributed by atoms with van der Waals surface area (Å²) in [5.74, 6) is 0.161. The molecule has 4 heteroatoms. The van der Waals surface area contributed by atoms with Crippen molar-refractivity contribution < 1.29 is 14.6 Å². The van der Waals surface area contributed by atoms with Gasteiger partial charge in [-0.1, -0.05) is 6.92 Å². The van der Waals surface area contributed by atoms with Crippen LogP contribution >= 0.6 is 0 Å². The van der Waals surface area contributed by atoms with Crippen LogP contribution in [0.5, 0.6) is 0 Å². The quantitative estimate of drug-likeness (QED) is 0.760. The Labute approximate surface area is 96.6 Å². The van der Waals surface area contributed by atoms with Gasteiger partial charge in [0.15, 0.2) is 5.78 Å². The van der Waals surface area contributed by atoms with E-state index in [-0.39, 0.29) is 17.8 Å². The monoisotopic (exact) mass is 227 g/mol. The molecular formula is C12H21NO3. The molecule has 2 bridgehead atoms. The largest absolute Gasteiger partial charge is 0.394 e. The maximum atomic E-state index is 12.5. The number of fused-ring (bicyclic) bond motifs is 3. The highest BCUT2D eigenvalue weighted by molar-refractivity contribution is 5.95. The number of carbonyl (C=O) groups is 1. The first-order chi connectivity index (χ1) is 7.50. The molecule has 3 fully saturated rings. The lowest BCUT2D eigenvalue weighted by molar-refractivity contribution is -0.177. The van der Waals surface area contributed by atoms with Crippen LogP contribution in [0.1, 0.15) is 26.7 Å². The van der Waals surface area contributed by atoms with Crippen molar-refractivity contribution in [2.75, 3.05) is 26.9 Å². The van der Waals surface area contributed by atoms with Gasteiger partial charge in [0.25, 0.3) is 0 Å². The molecule has 3 aliphatic rings. The summed E-state index contributed by atoms with van der Waals surface area (Å²) in [4.78, 5) is 14.6. The minimum Gasteiger partial charge on any atom is -0.394 e. The maximum absolute atomic E-state index is 12.5. The van der Waals surface area contributed by atoms with E-state index in [1.165, 1.54) is 0 Å². The predicted molar refractivity (Wildman–Crippen MR) is 60.2 cm³/mol. The summed E-state index contributed by atoms with van der Waals surface area (Å²) >= 11 is 0. The smallest absolute Gasteiger partial charge is 0.163 e. The average Bonchev–Trinajstić information content (AvgIpc) is 2.24. The van der Waals surface area contributed by atoms with E-state index >= 15 is 0 Å². The zero-order valence-electron chi connectivity index (χ0n) is 10.3. The van der Waals surface area contributed by atoms with Crippen LogP contribution in [-0.2, 0) is 9.53 Å². The Kier molecular flexibility index (Phi) is 2.85. The van der Waals surface area contributed by atoms with Crippen LogP contribution < -0.4 is 0 Å². The first-order valence-corrected chi connectivity index (χ1v) is 5.92. The van der Waals surface area contributed by atoms with Gasteiger partial charge in [-0.15, -0.1) is 0 Å². The van der Waals surface area contributed by atoms with Crippen molar-refractivity contribution in [1.29, 1.82) is 0 Å². The molecule has 1 N–H and O–H groups in total. The molecule has 0 amide bonds. The molecule has 3 aliphatic heterocycles. The summed E-state index contributed by atoms with van der Waals surface area (Å²) in [7, 11) is 1.58. The van der Waals surface area contributed by atoms with Crippen LogP contribution in [0.3, 0.4) is 0 Å². The second kappa shape index (κ2) is 3.79. The number of ketones is 1. The normalized spacial score (nSPS) is 47.4. The summed E-state index contributed by atoms with van der Waals surface area (Å²) in [5.41, 5.74) is -1.06. The number of carbonyl (C=O) groups excluding carboxylic acids is 1. The average molecular weight is 227 g/mol. The lowest BCUT2D eigenvalue weighted by Crippen LogP contribution is -2.74. The second-order valence-electron chi connectivity index (χ2n) is 5.51. The number of aliphatic hydroxyl groups is 1. The molecule has 0 aromatic carbocycles. The summed E-state index contributed by atoms with van der Waals surface area (Å²) in [6.07, 6.45) is 1.80. The molecule has 0 aromatic heterocycles. The summed E-state index contributed by atoms with van der Waals surface area (Å²) < 4.78 is 5.17. The van der Waals surface area contributed by atoms with Gasteiger partial charge in [-0.2, -0.15) is 0 Å². The zero-order chi connectivity index (χ0) is 12.0. The third kappa shape index (κ3) is 1.36. The van der Waals surface area contributed by atoms with Crippen molar-refractivity contribution in [3.05, 3.63) is 0 Å². The molecule has 0 aromatic rings. The fraction of sp³-hybridized carbons (Fsp3) is 0.917. The highest BCUT2D eigenvalue weighted by Crippen LogP contribution is 2.47. The van der Waals surface area contributed by atoms with Crippen molar-refractivity contribution in [2.45, 2.75) is 38.3 Å². The number of methoxy groups -OCH3 is 1. The van der Waals surface area contributed by atoms with Crippen LogP contribution in [0, 0.1) is 5.41 Å². The molecule has 0 saturated carbocycles. The van der Waals surface area contributed by atoms with Gasteiger partial charge in [0.05, 0.1) is 13.2 Å². The van der Waals surface area contributed by atoms with Crippen LogP contribution in [-0.4, -0.2) is 54.2 Å². The van der Waals surface area contributed by atoms with Gasteiger partial charge in [-0.05, 0) is 19.8 Å². The van der Waals surface area contributed by atoms with Crippen molar-refractivity contribution in [1.82, 2.24) is 4.90 Å². The molecule has 3 rings (SSSR count). The lowest BCUT2D eigenvalue weighted by Gasteiger charge is -2.59. The molecule has 16 heavy (non-hydrogen) atoms. The lowest BCUT2D eigenvalue weighted by atomic mass is 9.62. The predicted octanol–water partition coefficient (Wildman–Crippen LogP) is 0.437. The van der Waals surface area contributed by atoms with Crippen molar-refractivity contribution in [3.63, 3.8) is 0 Å². The molecule has 3 heterocycles. The molecule has 3 saturated heterocycles. The van der Waals surface area contributed by atoms with E-state index in [2.05, 4.69) is 11.8 Å². The number of hydrogen-bond acceptors (Lipinski definition) is 4. The Balaban J connectivity index is 2.40. The molecule has 92 valence electrons. The van der Waals surface area contributed by atoms with E-state index in [4.69, 9.17) is 4.74 Å². The van der Waals surface area contributed by atoms with Gasteiger partial charge in [-0.25, -0.2) is 0 Å². The summed E-state index contributed by atoms with van der Waals surface area (Å²) in [5, 5.41) is 9.65. The van der Waals surface area contributed by atoms with Gasteiger partial charge in [0, 0.05) is 25.1 Å². The van der Waals surface area contributed by atoms with Crippen LogP contribution in [0.2, 0.25) is 0 Å². The first kappa shape index (κ1) is 12.0. The standard InChI is InChI=1S/C12H21NO3/c1-9-6-11(2)4-5-13(9)12(7-14,8-16-3)10(11)15/h9,14H,4-8H2,1-3H3/t9-,11-,12+/m1/s1. The van der Waals surface area contributed by atoms with E-state index in [9.17, 15) is 9.90 Å². The minimum absolute atomic E-state index is 0.139. The molecule has 1 unspecified atom stereocenters. The van der Waals surface area contributed by atoms with E-state index in [1.54, 1.807) is 7.11 Å². The Morgan fingerprint density at radius 1 is 1.62 bits per heavy atom. The van der Waals surface area contributed by atoms with Crippen molar-refractivity contribution in [3.8, 4) is 0 Å². The Bertz CT molecular complexity index is 307. The number of ether oxygens (including phenoxy) is 1. The number of aliphatic hydroxyl groups excluding tert-OH is 1.